The Bertz CT molecular complexity index is 273. The number of nitrogens with one attached hydrogen (secondary N) is 1. The first-order chi connectivity index (χ1) is 5.16. The summed E-state index contributed by atoms with van der Waals surface area (Å²) < 4.78 is 0. The normalized spacial score (nSPS) is 9.55. The zero-order valence-corrected chi connectivity index (χ0v) is 6.26. The maximum absolute atomic E-state index is 9.14. The summed E-state index contributed by atoms with van der Waals surface area (Å²) in [6.45, 7) is 0. The van der Waals surface area contributed by atoms with Crippen molar-refractivity contribution in [3.05, 3.63) is 12.1 Å². The molecule has 0 aliphatic rings. The van der Waals surface area contributed by atoms with Gasteiger partial charge in [0.15, 0.2) is 0 Å². The lowest BCUT2D eigenvalue weighted by molar-refractivity contribution is 0.478. The Kier molecular flexibility index (Phi) is 1.76. The van der Waals surface area contributed by atoms with Crippen LogP contribution in [0.5, 0.6) is 5.75 Å². The molecule has 4 heteroatoms. The number of phenols is 1. The van der Waals surface area contributed by atoms with E-state index in [1.165, 1.54) is 6.07 Å². The van der Waals surface area contributed by atoms with E-state index in [-0.39, 0.29) is 11.4 Å². The second-order valence-electron chi connectivity index (χ2n) is 2.21. The van der Waals surface area contributed by atoms with E-state index in [9.17, 15) is 0 Å². The fraction of sp³-hybridized carbons (Fsp3) is 0.143. The molecular formula is C7H11N3O. The number of nitrogens with two attached hydrogens (primary N) is 2. The number of benzene rings is 1. The molecule has 0 radical (unpaired) electrons. The summed E-state index contributed by atoms with van der Waals surface area (Å²) in [5.74, 6) is 0.0450. The number of phenolic OH excluding ortho intramolecular Hbond substituents is 1. The molecule has 0 atom stereocenters. The number of rotatable bonds is 1. The van der Waals surface area contributed by atoms with Gasteiger partial charge in [0.05, 0.1) is 17.1 Å². The molecule has 6 N–H and O–H groups in total. The van der Waals surface area contributed by atoms with Crippen LogP contribution in [0.3, 0.4) is 0 Å². The summed E-state index contributed by atoms with van der Waals surface area (Å²) >= 11 is 0. The number of hydrogen-bond donors (Lipinski definition) is 4. The van der Waals surface area contributed by atoms with Crippen molar-refractivity contribution in [1.29, 1.82) is 0 Å². The summed E-state index contributed by atoms with van der Waals surface area (Å²) in [5.41, 5.74) is 12.4. The van der Waals surface area contributed by atoms with Crippen molar-refractivity contribution in [2.45, 2.75) is 0 Å². The minimum absolute atomic E-state index is 0.0450. The van der Waals surface area contributed by atoms with E-state index in [1.807, 2.05) is 0 Å². The molecule has 0 saturated heterocycles. The maximum Gasteiger partial charge on any atom is 0.140 e. The van der Waals surface area contributed by atoms with E-state index in [0.29, 0.717) is 11.4 Å². The molecule has 11 heavy (non-hydrogen) atoms. The average Bonchev–Trinajstić information content (AvgIpc) is 1.99. The van der Waals surface area contributed by atoms with Crippen LogP contribution in [0.1, 0.15) is 0 Å². The monoisotopic (exact) mass is 153 g/mol. The molecule has 0 bridgehead atoms. The van der Waals surface area contributed by atoms with Gasteiger partial charge in [-0.3, -0.25) is 0 Å². The van der Waals surface area contributed by atoms with Crippen molar-refractivity contribution in [3.63, 3.8) is 0 Å². The minimum Gasteiger partial charge on any atom is -0.506 e. The van der Waals surface area contributed by atoms with Gasteiger partial charge >= 0.3 is 0 Å². The summed E-state index contributed by atoms with van der Waals surface area (Å²) in [6, 6.07) is 3.06. The average molecular weight is 153 g/mol. The van der Waals surface area contributed by atoms with Crippen molar-refractivity contribution in [2.24, 2.45) is 0 Å². The fourth-order valence-electron chi connectivity index (χ4n) is 0.904. The highest BCUT2D eigenvalue weighted by atomic mass is 16.3. The summed E-state index contributed by atoms with van der Waals surface area (Å²) in [4.78, 5) is 0. The topological polar surface area (TPSA) is 84.3 Å². The molecule has 0 spiro atoms. The van der Waals surface area contributed by atoms with Crippen LogP contribution >= 0.6 is 0 Å². The zero-order chi connectivity index (χ0) is 8.43. The Morgan fingerprint density at radius 2 is 2.00 bits per heavy atom. The molecule has 4 nitrogen and oxygen atoms in total. The van der Waals surface area contributed by atoms with Crippen LogP contribution in [-0.4, -0.2) is 12.2 Å². The third-order valence-electron chi connectivity index (χ3n) is 1.50. The molecule has 1 aromatic rings. The summed E-state index contributed by atoms with van der Waals surface area (Å²) in [5, 5.41) is 11.9. The highest BCUT2D eigenvalue weighted by Gasteiger charge is 2.04. The van der Waals surface area contributed by atoms with E-state index >= 15 is 0 Å². The van der Waals surface area contributed by atoms with Crippen LogP contribution in [0.4, 0.5) is 17.1 Å². The quantitative estimate of drug-likeness (QED) is 0.270. The lowest BCUT2D eigenvalue weighted by Gasteiger charge is -2.08. The van der Waals surface area contributed by atoms with Crippen molar-refractivity contribution >= 4 is 17.1 Å². The van der Waals surface area contributed by atoms with Crippen LogP contribution in [0.15, 0.2) is 12.1 Å². The van der Waals surface area contributed by atoms with E-state index in [1.54, 1.807) is 13.1 Å². The molecule has 0 aliphatic carbocycles. The molecule has 0 unspecified atom stereocenters. The van der Waals surface area contributed by atoms with Gasteiger partial charge in [-0.1, -0.05) is 0 Å². The summed E-state index contributed by atoms with van der Waals surface area (Å²) in [7, 11) is 1.70. The standard InChI is InChI=1S/C7H11N3O/c1-10-7-4(8)2-3-5(11)6(7)9/h2-3,10-11H,8-9H2,1H3. The Labute approximate surface area is 64.8 Å². The summed E-state index contributed by atoms with van der Waals surface area (Å²) in [6.07, 6.45) is 0. The third-order valence-corrected chi connectivity index (χ3v) is 1.50. The van der Waals surface area contributed by atoms with Crippen LogP contribution in [0, 0.1) is 0 Å². The van der Waals surface area contributed by atoms with Gasteiger partial charge in [0.1, 0.15) is 5.75 Å². The fourth-order valence-corrected chi connectivity index (χ4v) is 0.904. The maximum atomic E-state index is 9.14. The van der Waals surface area contributed by atoms with Crippen LogP contribution in [-0.2, 0) is 0 Å². The van der Waals surface area contributed by atoms with Gasteiger partial charge in [0.2, 0.25) is 0 Å². The number of anilines is 3. The van der Waals surface area contributed by atoms with Crippen molar-refractivity contribution in [2.75, 3.05) is 23.8 Å². The van der Waals surface area contributed by atoms with Crippen LogP contribution < -0.4 is 16.8 Å². The van der Waals surface area contributed by atoms with Crippen molar-refractivity contribution < 1.29 is 5.11 Å². The van der Waals surface area contributed by atoms with E-state index in [2.05, 4.69) is 5.32 Å². The Hall–Kier alpha value is -1.58. The van der Waals surface area contributed by atoms with Gasteiger partial charge < -0.3 is 21.9 Å². The third kappa shape index (κ3) is 1.14. The molecule has 0 fully saturated rings. The smallest absolute Gasteiger partial charge is 0.140 e. The Morgan fingerprint density at radius 1 is 1.36 bits per heavy atom. The van der Waals surface area contributed by atoms with Gasteiger partial charge in [-0.05, 0) is 12.1 Å². The van der Waals surface area contributed by atoms with Gasteiger partial charge in [-0.2, -0.15) is 0 Å². The molecule has 0 amide bonds. The lowest BCUT2D eigenvalue weighted by atomic mass is 10.2. The molecule has 60 valence electrons. The molecule has 1 aromatic carbocycles. The number of aromatic hydroxyl groups is 1. The lowest BCUT2D eigenvalue weighted by Crippen LogP contribution is -2.00. The SMILES string of the molecule is CNc1c(N)ccc(O)c1N. The Morgan fingerprint density at radius 3 is 2.45 bits per heavy atom. The number of hydrogen-bond acceptors (Lipinski definition) is 4. The molecule has 0 heterocycles. The first-order valence-electron chi connectivity index (χ1n) is 3.21. The van der Waals surface area contributed by atoms with Gasteiger partial charge in [0, 0.05) is 7.05 Å². The molecule has 0 saturated carbocycles. The predicted molar refractivity (Wildman–Crippen MR) is 46.5 cm³/mol. The van der Waals surface area contributed by atoms with E-state index in [4.69, 9.17) is 16.6 Å². The van der Waals surface area contributed by atoms with Crippen LogP contribution in [0.25, 0.3) is 0 Å². The molecular weight excluding hydrogens is 142 g/mol. The van der Waals surface area contributed by atoms with Gasteiger partial charge in [0.25, 0.3) is 0 Å². The minimum atomic E-state index is 0.0450. The Balaban J connectivity index is 3.29. The highest BCUT2D eigenvalue weighted by Crippen LogP contribution is 2.32. The molecule has 0 aliphatic heterocycles. The number of nitrogen functional groups attached to an aromatic ring is 2. The zero-order valence-electron chi connectivity index (χ0n) is 6.26. The van der Waals surface area contributed by atoms with E-state index < -0.39 is 0 Å². The van der Waals surface area contributed by atoms with E-state index in [0.717, 1.165) is 0 Å². The van der Waals surface area contributed by atoms with Gasteiger partial charge in [-0.15, -0.1) is 0 Å². The molecule has 1 rings (SSSR count). The largest absolute Gasteiger partial charge is 0.506 e. The highest BCUT2D eigenvalue weighted by molar-refractivity contribution is 5.83. The first kappa shape index (κ1) is 7.53. The van der Waals surface area contributed by atoms with Crippen LogP contribution in [0.2, 0.25) is 0 Å². The molecule has 0 aromatic heterocycles. The predicted octanol–water partition coefficient (Wildman–Crippen LogP) is 0.598. The van der Waals surface area contributed by atoms with Crippen molar-refractivity contribution in [3.8, 4) is 5.75 Å². The van der Waals surface area contributed by atoms with Gasteiger partial charge in [-0.25, -0.2) is 0 Å². The second-order valence-corrected chi connectivity index (χ2v) is 2.21. The second kappa shape index (κ2) is 2.57. The first-order valence-corrected chi connectivity index (χ1v) is 3.21. The van der Waals surface area contributed by atoms with Crippen molar-refractivity contribution in [1.82, 2.24) is 0 Å².